The minimum Gasteiger partial charge on any atom is -0.485 e. The maximum atomic E-state index is 5.84. The summed E-state index contributed by atoms with van der Waals surface area (Å²) in [7, 11) is 0. The van der Waals surface area contributed by atoms with Crippen molar-refractivity contribution in [2.45, 2.75) is 13.8 Å². The lowest BCUT2D eigenvalue weighted by atomic mass is 10.1. The predicted molar refractivity (Wildman–Crippen MR) is 74.1 cm³/mol. The summed E-state index contributed by atoms with van der Waals surface area (Å²) < 4.78 is 5.84. The van der Waals surface area contributed by atoms with Gasteiger partial charge in [-0.05, 0) is 31.0 Å². The SMILES string of the molecule is C#CCN1CCN=C1COc1cccc(C)c1C. The molecule has 1 aromatic carbocycles. The van der Waals surface area contributed by atoms with Gasteiger partial charge in [0, 0.05) is 6.54 Å². The third kappa shape index (κ3) is 2.65. The zero-order chi connectivity index (χ0) is 13.0. The van der Waals surface area contributed by atoms with E-state index in [0.29, 0.717) is 13.2 Å². The highest BCUT2D eigenvalue weighted by Gasteiger charge is 2.16. The van der Waals surface area contributed by atoms with E-state index < -0.39 is 0 Å². The van der Waals surface area contributed by atoms with Crippen LogP contribution in [-0.2, 0) is 0 Å². The fourth-order valence-corrected chi connectivity index (χ4v) is 1.97. The lowest BCUT2D eigenvalue weighted by molar-refractivity contribution is 0.352. The Morgan fingerprint density at radius 1 is 1.44 bits per heavy atom. The van der Waals surface area contributed by atoms with E-state index in [0.717, 1.165) is 24.7 Å². The third-order valence-corrected chi connectivity index (χ3v) is 3.22. The molecule has 18 heavy (non-hydrogen) atoms. The van der Waals surface area contributed by atoms with Crippen molar-refractivity contribution in [3.05, 3.63) is 29.3 Å². The van der Waals surface area contributed by atoms with E-state index in [9.17, 15) is 0 Å². The second-order valence-electron chi connectivity index (χ2n) is 4.41. The molecule has 0 saturated heterocycles. The molecule has 0 bridgehead atoms. The average molecular weight is 242 g/mol. The summed E-state index contributed by atoms with van der Waals surface area (Å²) >= 11 is 0. The van der Waals surface area contributed by atoms with Crippen LogP contribution in [0.3, 0.4) is 0 Å². The number of ether oxygens (including phenoxy) is 1. The van der Waals surface area contributed by atoms with Gasteiger partial charge >= 0.3 is 0 Å². The second kappa shape index (κ2) is 5.59. The van der Waals surface area contributed by atoms with Crippen molar-refractivity contribution in [1.82, 2.24) is 4.90 Å². The first kappa shape index (κ1) is 12.5. The van der Waals surface area contributed by atoms with Crippen LogP contribution in [0.15, 0.2) is 23.2 Å². The van der Waals surface area contributed by atoms with Crippen molar-refractivity contribution in [2.24, 2.45) is 4.99 Å². The molecule has 3 heteroatoms. The van der Waals surface area contributed by atoms with Gasteiger partial charge in [0.25, 0.3) is 0 Å². The molecular formula is C15H18N2O. The highest BCUT2D eigenvalue weighted by molar-refractivity contribution is 5.85. The second-order valence-corrected chi connectivity index (χ2v) is 4.41. The largest absolute Gasteiger partial charge is 0.485 e. The molecule has 0 atom stereocenters. The first-order valence-electron chi connectivity index (χ1n) is 6.13. The maximum absolute atomic E-state index is 5.84. The lowest BCUT2D eigenvalue weighted by Gasteiger charge is -2.18. The van der Waals surface area contributed by atoms with Crippen LogP contribution in [0.1, 0.15) is 11.1 Å². The van der Waals surface area contributed by atoms with E-state index in [4.69, 9.17) is 11.2 Å². The Kier molecular flexibility index (Phi) is 3.88. The van der Waals surface area contributed by atoms with Crippen LogP contribution in [0.25, 0.3) is 0 Å². The zero-order valence-electron chi connectivity index (χ0n) is 10.9. The molecule has 1 aliphatic heterocycles. The van der Waals surface area contributed by atoms with E-state index in [2.05, 4.69) is 35.7 Å². The van der Waals surface area contributed by atoms with Gasteiger partial charge in [-0.15, -0.1) is 6.42 Å². The van der Waals surface area contributed by atoms with Crippen LogP contribution in [-0.4, -0.2) is 37.0 Å². The van der Waals surface area contributed by atoms with Gasteiger partial charge in [-0.3, -0.25) is 4.99 Å². The summed E-state index contributed by atoms with van der Waals surface area (Å²) in [5.41, 5.74) is 2.42. The highest BCUT2D eigenvalue weighted by atomic mass is 16.5. The molecule has 0 N–H and O–H groups in total. The number of aryl methyl sites for hydroxylation is 1. The molecule has 0 spiro atoms. The molecule has 0 saturated carbocycles. The van der Waals surface area contributed by atoms with Gasteiger partial charge < -0.3 is 9.64 Å². The molecule has 0 radical (unpaired) electrons. The highest BCUT2D eigenvalue weighted by Crippen LogP contribution is 2.20. The summed E-state index contributed by atoms with van der Waals surface area (Å²) in [6, 6.07) is 6.08. The van der Waals surface area contributed by atoms with Gasteiger partial charge in [-0.2, -0.15) is 0 Å². The number of terminal acetylenes is 1. The number of hydrogen-bond donors (Lipinski definition) is 0. The predicted octanol–water partition coefficient (Wildman–Crippen LogP) is 2.03. The van der Waals surface area contributed by atoms with Crippen LogP contribution in [0.2, 0.25) is 0 Å². The summed E-state index contributed by atoms with van der Waals surface area (Å²) in [6.07, 6.45) is 5.33. The number of benzene rings is 1. The third-order valence-electron chi connectivity index (χ3n) is 3.22. The molecule has 2 rings (SSSR count). The Labute approximate surface area is 108 Å². The Morgan fingerprint density at radius 3 is 3.06 bits per heavy atom. The van der Waals surface area contributed by atoms with Crippen molar-refractivity contribution in [3.8, 4) is 18.1 Å². The zero-order valence-corrected chi connectivity index (χ0v) is 10.9. The standard InChI is InChI=1S/C15H18N2O/c1-4-9-17-10-8-16-15(17)11-18-14-7-5-6-12(2)13(14)3/h1,5-7H,8-11H2,2-3H3. The summed E-state index contributed by atoms with van der Waals surface area (Å²) in [4.78, 5) is 6.51. The molecule has 1 heterocycles. The van der Waals surface area contributed by atoms with Gasteiger partial charge in [0.15, 0.2) is 0 Å². The smallest absolute Gasteiger partial charge is 0.145 e. The van der Waals surface area contributed by atoms with Crippen molar-refractivity contribution in [1.29, 1.82) is 0 Å². The van der Waals surface area contributed by atoms with E-state index in [-0.39, 0.29) is 0 Å². The molecule has 1 aliphatic rings. The maximum Gasteiger partial charge on any atom is 0.145 e. The number of rotatable bonds is 4. The van der Waals surface area contributed by atoms with E-state index in [1.165, 1.54) is 11.1 Å². The topological polar surface area (TPSA) is 24.8 Å². The van der Waals surface area contributed by atoms with Crippen molar-refractivity contribution in [2.75, 3.05) is 26.2 Å². The van der Waals surface area contributed by atoms with Crippen molar-refractivity contribution in [3.63, 3.8) is 0 Å². The van der Waals surface area contributed by atoms with E-state index in [1.807, 2.05) is 12.1 Å². The van der Waals surface area contributed by atoms with Crippen LogP contribution in [0.5, 0.6) is 5.75 Å². The quantitative estimate of drug-likeness (QED) is 0.755. The van der Waals surface area contributed by atoms with Gasteiger partial charge in [0.05, 0.1) is 13.1 Å². The molecule has 0 fully saturated rings. The van der Waals surface area contributed by atoms with Gasteiger partial charge in [0.1, 0.15) is 18.2 Å². The van der Waals surface area contributed by atoms with Crippen LogP contribution < -0.4 is 4.74 Å². The van der Waals surface area contributed by atoms with Crippen molar-refractivity contribution >= 4 is 5.84 Å². The van der Waals surface area contributed by atoms with Gasteiger partial charge in [0.2, 0.25) is 0 Å². The van der Waals surface area contributed by atoms with Gasteiger partial charge in [-0.1, -0.05) is 18.1 Å². The van der Waals surface area contributed by atoms with Crippen molar-refractivity contribution < 1.29 is 4.74 Å². The molecule has 3 nitrogen and oxygen atoms in total. The molecule has 94 valence electrons. The molecule has 1 aromatic rings. The van der Waals surface area contributed by atoms with Crippen LogP contribution in [0.4, 0.5) is 0 Å². The molecule has 0 aliphatic carbocycles. The minimum absolute atomic E-state index is 0.492. The fourth-order valence-electron chi connectivity index (χ4n) is 1.97. The Balaban J connectivity index is 2.00. The number of aliphatic imine (C=N–C) groups is 1. The summed E-state index contributed by atoms with van der Waals surface area (Å²) in [5.74, 6) is 4.52. The van der Waals surface area contributed by atoms with E-state index in [1.54, 1.807) is 0 Å². The van der Waals surface area contributed by atoms with Gasteiger partial charge in [-0.25, -0.2) is 0 Å². The molecule has 0 aromatic heterocycles. The summed E-state index contributed by atoms with van der Waals surface area (Å²) in [5, 5.41) is 0. The average Bonchev–Trinajstić information content (AvgIpc) is 2.79. The Hall–Kier alpha value is -1.95. The van der Waals surface area contributed by atoms with Crippen LogP contribution >= 0.6 is 0 Å². The number of amidine groups is 1. The molecular weight excluding hydrogens is 224 g/mol. The first-order valence-corrected chi connectivity index (χ1v) is 6.13. The molecule has 0 unspecified atom stereocenters. The fraction of sp³-hybridized carbons (Fsp3) is 0.400. The molecule has 0 amide bonds. The normalized spacial score (nSPS) is 14.3. The monoisotopic (exact) mass is 242 g/mol. The lowest BCUT2D eigenvalue weighted by Crippen LogP contribution is -2.32. The number of nitrogens with zero attached hydrogens (tertiary/aromatic N) is 2. The van der Waals surface area contributed by atoms with Crippen LogP contribution in [0, 0.1) is 26.2 Å². The Bertz CT molecular complexity index is 500. The first-order chi connectivity index (χ1) is 8.72. The van der Waals surface area contributed by atoms with E-state index >= 15 is 0 Å². The Morgan fingerprint density at radius 2 is 2.28 bits per heavy atom. The minimum atomic E-state index is 0.492. The summed E-state index contributed by atoms with van der Waals surface area (Å²) in [6.45, 7) is 6.96. The number of hydrogen-bond acceptors (Lipinski definition) is 3.